The van der Waals surface area contributed by atoms with Crippen LogP contribution in [0.1, 0.15) is 22.5 Å². The van der Waals surface area contributed by atoms with Crippen LogP contribution in [-0.4, -0.2) is 49.1 Å². The van der Waals surface area contributed by atoms with Crippen LogP contribution in [0.3, 0.4) is 0 Å². The lowest BCUT2D eigenvalue weighted by Gasteiger charge is -2.28. The van der Waals surface area contributed by atoms with E-state index in [4.69, 9.17) is 0 Å². The van der Waals surface area contributed by atoms with Gasteiger partial charge < -0.3 is 5.32 Å². The van der Waals surface area contributed by atoms with Crippen LogP contribution in [0.15, 0.2) is 48.8 Å². The van der Waals surface area contributed by atoms with Gasteiger partial charge in [-0.25, -0.2) is 4.68 Å². The van der Waals surface area contributed by atoms with Crippen LogP contribution in [-0.2, 0) is 37.3 Å². The zero-order valence-electron chi connectivity index (χ0n) is 15.7. The molecule has 0 bridgehead atoms. The summed E-state index contributed by atoms with van der Waals surface area (Å²) < 4.78 is 1.59. The molecule has 1 amide bonds. The number of tetrazole rings is 1. The van der Waals surface area contributed by atoms with Gasteiger partial charge in [0, 0.05) is 32.0 Å². The maximum Gasteiger partial charge on any atom is 0.241 e. The molecule has 1 N–H and O–H groups in total. The molecule has 3 aromatic rings. The molecule has 4 rings (SSSR count). The molecule has 2 aromatic heterocycles. The molecule has 8 nitrogen and oxygen atoms in total. The predicted molar refractivity (Wildman–Crippen MR) is 103 cm³/mol. The summed E-state index contributed by atoms with van der Waals surface area (Å²) in [5.41, 5.74) is 3.90. The normalized spacial score (nSPS) is 13.9. The second-order valence-corrected chi connectivity index (χ2v) is 6.94. The Labute approximate surface area is 163 Å². The van der Waals surface area contributed by atoms with Crippen LogP contribution < -0.4 is 5.32 Å². The number of pyridine rings is 1. The van der Waals surface area contributed by atoms with Crippen molar-refractivity contribution < 1.29 is 4.79 Å². The summed E-state index contributed by atoms with van der Waals surface area (Å²) >= 11 is 0. The smallest absolute Gasteiger partial charge is 0.241 e. The van der Waals surface area contributed by atoms with E-state index in [1.807, 2.05) is 12.1 Å². The van der Waals surface area contributed by atoms with Crippen LogP contribution in [0.4, 0.5) is 0 Å². The second kappa shape index (κ2) is 8.71. The zero-order chi connectivity index (χ0) is 19.2. The number of carbonyl (C=O) groups excluding carboxylic acids is 1. The zero-order valence-corrected chi connectivity index (χ0v) is 15.7. The maximum absolute atomic E-state index is 12.3. The molecule has 0 radical (unpaired) electrons. The molecule has 1 aliphatic rings. The molecule has 0 aliphatic carbocycles. The average Bonchev–Trinajstić information content (AvgIpc) is 3.15. The molecular formula is C20H23N7O. The fourth-order valence-electron chi connectivity index (χ4n) is 3.44. The van der Waals surface area contributed by atoms with E-state index >= 15 is 0 Å². The van der Waals surface area contributed by atoms with Crippen LogP contribution >= 0.6 is 0 Å². The highest BCUT2D eigenvalue weighted by molar-refractivity contribution is 5.75. The standard InChI is InChI=1S/C20H23N7O/c28-20(22-11-7-16-5-9-21-10-6-16)15-27-19(23-24-25-27)14-26-12-8-17-3-1-2-4-18(17)13-26/h1-6,9-10H,7-8,11-15H2,(H,22,28). The number of carbonyl (C=O) groups is 1. The Kier molecular flexibility index (Phi) is 5.67. The van der Waals surface area contributed by atoms with Crippen molar-refractivity contribution in [2.75, 3.05) is 13.1 Å². The topological polar surface area (TPSA) is 88.8 Å². The fraction of sp³-hybridized carbons (Fsp3) is 0.350. The lowest BCUT2D eigenvalue weighted by Crippen LogP contribution is -2.33. The Balaban J connectivity index is 1.29. The molecule has 0 saturated heterocycles. The molecule has 0 saturated carbocycles. The molecular weight excluding hydrogens is 354 g/mol. The third-order valence-electron chi connectivity index (χ3n) is 4.96. The van der Waals surface area contributed by atoms with Gasteiger partial charge >= 0.3 is 0 Å². The van der Waals surface area contributed by atoms with E-state index in [0.29, 0.717) is 18.9 Å². The average molecular weight is 377 g/mol. The van der Waals surface area contributed by atoms with E-state index in [0.717, 1.165) is 31.5 Å². The number of hydrogen-bond acceptors (Lipinski definition) is 6. The van der Waals surface area contributed by atoms with Gasteiger partial charge in [0.25, 0.3) is 0 Å². The van der Waals surface area contributed by atoms with Gasteiger partial charge in [-0.2, -0.15) is 0 Å². The van der Waals surface area contributed by atoms with Gasteiger partial charge in [0.05, 0.1) is 6.54 Å². The van der Waals surface area contributed by atoms with Crippen LogP contribution in [0.5, 0.6) is 0 Å². The Hall–Kier alpha value is -3.13. The summed E-state index contributed by atoms with van der Waals surface area (Å²) in [6, 6.07) is 12.4. The van der Waals surface area contributed by atoms with Gasteiger partial charge in [-0.3, -0.25) is 14.7 Å². The summed E-state index contributed by atoms with van der Waals surface area (Å²) in [6.07, 6.45) is 5.30. The van der Waals surface area contributed by atoms with Gasteiger partial charge in [0.2, 0.25) is 5.91 Å². The van der Waals surface area contributed by atoms with Crippen LogP contribution in [0, 0.1) is 0 Å². The van der Waals surface area contributed by atoms with Gasteiger partial charge in [-0.1, -0.05) is 24.3 Å². The number of fused-ring (bicyclic) bond motifs is 1. The summed E-state index contributed by atoms with van der Waals surface area (Å²) in [5, 5.41) is 14.8. The molecule has 0 fully saturated rings. The monoisotopic (exact) mass is 377 g/mol. The van der Waals surface area contributed by atoms with Gasteiger partial charge in [-0.05, 0) is 52.1 Å². The van der Waals surface area contributed by atoms with E-state index in [1.54, 1.807) is 17.1 Å². The highest BCUT2D eigenvalue weighted by atomic mass is 16.2. The predicted octanol–water partition coefficient (Wildman–Crippen LogP) is 0.985. The third kappa shape index (κ3) is 4.58. The summed E-state index contributed by atoms with van der Waals surface area (Å²) in [6.45, 7) is 3.17. The first-order valence-corrected chi connectivity index (χ1v) is 9.48. The quantitative estimate of drug-likeness (QED) is 0.660. The number of nitrogens with zero attached hydrogens (tertiary/aromatic N) is 6. The Bertz CT molecular complexity index is 925. The fourth-order valence-corrected chi connectivity index (χ4v) is 3.44. The van der Waals surface area contributed by atoms with Crippen molar-refractivity contribution in [3.63, 3.8) is 0 Å². The minimum atomic E-state index is -0.0911. The molecule has 0 spiro atoms. The van der Waals surface area contributed by atoms with Gasteiger partial charge in [0.15, 0.2) is 5.82 Å². The van der Waals surface area contributed by atoms with Crippen molar-refractivity contribution in [1.82, 2.24) is 35.4 Å². The number of aromatic nitrogens is 5. The number of nitrogens with one attached hydrogen (secondary N) is 1. The van der Waals surface area contributed by atoms with Crippen LogP contribution in [0.2, 0.25) is 0 Å². The van der Waals surface area contributed by atoms with E-state index in [9.17, 15) is 4.79 Å². The van der Waals surface area contributed by atoms with Crippen molar-refractivity contribution in [2.45, 2.75) is 32.5 Å². The summed E-state index contributed by atoms with van der Waals surface area (Å²) in [5.74, 6) is 0.621. The van der Waals surface area contributed by atoms with Gasteiger partial charge in [-0.15, -0.1) is 5.10 Å². The number of rotatable bonds is 7. The van der Waals surface area contributed by atoms with Crippen LogP contribution in [0.25, 0.3) is 0 Å². The first kappa shape index (κ1) is 18.2. The molecule has 8 heteroatoms. The lowest BCUT2D eigenvalue weighted by molar-refractivity contribution is -0.121. The summed E-state index contributed by atoms with van der Waals surface area (Å²) in [7, 11) is 0. The minimum absolute atomic E-state index is 0.0911. The lowest BCUT2D eigenvalue weighted by atomic mass is 10.00. The second-order valence-electron chi connectivity index (χ2n) is 6.94. The maximum atomic E-state index is 12.3. The van der Waals surface area contributed by atoms with E-state index < -0.39 is 0 Å². The first-order chi connectivity index (χ1) is 13.8. The molecule has 1 aromatic carbocycles. The largest absolute Gasteiger partial charge is 0.354 e. The van der Waals surface area contributed by atoms with Crippen molar-refractivity contribution >= 4 is 5.91 Å². The molecule has 3 heterocycles. The van der Waals surface area contributed by atoms with Crippen molar-refractivity contribution in [2.24, 2.45) is 0 Å². The van der Waals surface area contributed by atoms with E-state index in [1.165, 1.54) is 11.1 Å². The molecule has 1 aliphatic heterocycles. The van der Waals surface area contributed by atoms with E-state index in [2.05, 4.69) is 55.0 Å². The summed E-state index contributed by atoms with van der Waals surface area (Å²) in [4.78, 5) is 18.6. The number of amides is 1. The van der Waals surface area contributed by atoms with Crippen molar-refractivity contribution in [3.8, 4) is 0 Å². The molecule has 144 valence electrons. The molecule has 0 unspecified atom stereocenters. The van der Waals surface area contributed by atoms with Crippen molar-refractivity contribution in [3.05, 3.63) is 71.3 Å². The number of hydrogen-bond donors (Lipinski definition) is 1. The van der Waals surface area contributed by atoms with Gasteiger partial charge in [0.1, 0.15) is 6.54 Å². The Morgan fingerprint density at radius 3 is 2.79 bits per heavy atom. The Morgan fingerprint density at radius 1 is 1.11 bits per heavy atom. The molecule has 28 heavy (non-hydrogen) atoms. The van der Waals surface area contributed by atoms with Crippen molar-refractivity contribution in [1.29, 1.82) is 0 Å². The first-order valence-electron chi connectivity index (χ1n) is 9.48. The minimum Gasteiger partial charge on any atom is -0.354 e. The highest BCUT2D eigenvalue weighted by Gasteiger charge is 2.19. The molecule has 0 atom stereocenters. The Morgan fingerprint density at radius 2 is 1.93 bits per heavy atom. The highest BCUT2D eigenvalue weighted by Crippen LogP contribution is 2.19. The number of benzene rings is 1. The third-order valence-corrected chi connectivity index (χ3v) is 4.96. The SMILES string of the molecule is O=C(Cn1nnnc1CN1CCc2ccccc2C1)NCCc1ccncc1. The van der Waals surface area contributed by atoms with E-state index in [-0.39, 0.29) is 12.5 Å².